The monoisotopic (exact) mass is 475 g/mol. The molecule has 0 unspecified atom stereocenters. The molecule has 0 aliphatic carbocycles. The summed E-state index contributed by atoms with van der Waals surface area (Å²) in [7, 11) is 0. The molecule has 1 saturated heterocycles. The molecule has 0 amide bonds. The van der Waals surface area contributed by atoms with Gasteiger partial charge in [0.25, 0.3) is 0 Å². The summed E-state index contributed by atoms with van der Waals surface area (Å²) in [4.78, 5) is 15.9. The van der Waals surface area contributed by atoms with Gasteiger partial charge in [-0.25, -0.2) is 19.6 Å². The van der Waals surface area contributed by atoms with E-state index in [1.807, 2.05) is 60.7 Å². The van der Waals surface area contributed by atoms with E-state index in [1.165, 1.54) is 5.69 Å². The van der Waals surface area contributed by atoms with Gasteiger partial charge in [-0.05, 0) is 42.5 Å². The summed E-state index contributed by atoms with van der Waals surface area (Å²) in [6, 6.07) is 28.3. The number of nitrogens with zero attached hydrogens (tertiary/aromatic N) is 6. The second-order valence-corrected chi connectivity index (χ2v) is 8.47. The van der Waals surface area contributed by atoms with Crippen LogP contribution < -0.4 is 10.2 Å². The first-order chi connectivity index (χ1) is 17.8. The van der Waals surface area contributed by atoms with Crippen LogP contribution in [0.15, 0.2) is 97.5 Å². The molecule has 2 aromatic heterocycles. The minimum atomic E-state index is 0.546. The molecular formula is C28H25N7O. The Balaban J connectivity index is 1.17. The van der Waals surface area contributed by atoms with Crippen molar-refractivity contribution in [1.29, 1.82) is 0 Å². The van der Waals surface area contributed by atoms with Crippen LogP contribution in [-0.2, 0) is 4.74 Å². The first-order valence-corrected chi connectivity index (χ1v) is 11.9. The summed E-state index contributed by atoms with van der Waals surface area (Å²) >= 11 is 0. The van der Waals surface area contributed by atoms with Crippen LogP contribution in [0.2, 0.25) is 0 Å². The summed E-state index contributed by atoms with van der Waals surface area (Å²) < 4.78 is 7.25. The summed E-state index contributed by atoms with van der Waals surface area (Å²) in [6.45, 7) is 3.32. The minimum absolute atomic E-state index is 0.546. The van der Waals surface area contributed by atoms with Crippen LogP contribution in [0.1, 0.15) is 0 Å². The van der Waals surface area contributed by atoms with Gasteiger partial charge in [0.15, 0.2) is 5.82 Å². The van der Waals surface area contributed by atoms with E-state index in [0.29, 0.717) is 11.8 Å². The summed E-state index contributed by atoms with van der Waals surface area (Å²) in [5.41, 5.74) is 5.91. The fourth-order valence-electron chi connectivity index (χ4n) is 4.20. The standard InChI is InChI=1S/C28H25N7O/c1-2-5-21(6-3-1)27-30-20-35(33-27)24-11-9-23(10-12-24)31-28-29-14-13-26(32-28)22-7-4-8-25(19-22)34-15-17-36-18-16-34/h1-14,19-20H,15-18H2,(H,29,31,32). The topological polar surface area (TPSA) is 81.0 Å². The smallest absolute Gasteiger partial charge is 0.227 e. The molecule has 3 aromatic carbocycles. The van der Waals surface area contributed by atoms with Crippen molar-refractivity contribution in [2.24, 2.45) is 0 Å². The largest absolute Gasteiger partial charge is 0.378 e. The number of rotatable bonds is 6. The van der Waals surface area contributed by atoms with E-state index in [4.69, 9.17) is 9.72 Å². The van der Waals surface area contributed by atoms with Gasteiger partial charge in [0, 0.05) is 41.8 Å². The number of hydrogen-bond donors (Lipinski definition) is 1. The van der Waals surface area contributed by atoms with Crippen molar-refractivity contribution in [3.8, 4) is 28.3 Å². The highest BCUT2D eigenvalue weighted by atomic mass is 16.5. The minimum Gasteiger partial charge on any atom is -0.378 e. The quantitative estimate of drug-likeness (QED) is 0.371. The first-order valence-electron chi connectivity index (χ1n) is 11.9. The highest BCUT2D eigenvalue weighted by molar-refractivity contribution is 5.67. The van der Waals surface area contributed by atoms with Crippen LogP contribution in [0.4, 0.5) is 17.3 Å². The maximum atomic E-state index is 5.48. The van der Waals surface area contributed by atoms with Gasteiger partial charge < -0.3 is 15.0 Å². The second kappa shape index (κ2) is 9.97. The predicted molar refractivity (Wildman–Crippen MR) is 141 cm³/mol. The molecule has 1 aliphatic heterocycles. The van der Waals surface area contributed by atoms with Crippen LogP contribution in [0.3, 0.4) is 0 Å². The third-order valence-electron chi connectivity index (χ3n) is 6.09. The van der Waals surface area contributed by atoms with Gasteiger partial charge >= 0.3 is 0 Å². The Hall–Kier alpha value is -4.56. The van der Waals surface area contributed by atoms with Gasteiger partial charge in [0.2, 0.25) is 5.95 Å². The Morgan fingerprint density at radius 1 is 0.750 bits per heavy atom. The molecular weight excluding hydrogens is 450 g/mol. The molecule has 8 nitrogen and oxygen atoms in total. The molecule has 36 heavy (non-hydrogen) atoms. The predicted octanol–water partition coefficient (Wildman–Crippen LogP) is 4.97. The number of benzene rings is 3. The number of hydrogen-bond acceptors (Lipinski definition) is 7. The molecule has 178 valence electrons. The number of anilines is 3. The van der Waals surface area contributed by atoms with Crippen molar-refractivity contribution in [2.75, 3.05) is 36.5 Å². The lowest BCUT2D eigenvalue weighted by Crippen LogP contribution is -2.36. The van der Waals surface area contributed by atoms with Crippen molar-refractivity contribution in [3.63, 3.8) is 0 Å². The molecule has 0 saturated carbocycles. The van der Waals surface area contributed by atoms with Crippen LogP contribution in [0, 0.1) is 0 Å². The molecule has 0 bridgehead atoms. The molecule has 0 atom stereocenters. The van der Waals surface area contributed by atoms with Crippen molar-refractivity contribution < 1.29 is 4.74 Å². The Morgan fingerprint density at radius 2 is 1.56 bits per heavy atom. The molecule has 8 heteroatoms. The van der Waals surface area contributed by atoms with Gasteiger partial charge in [0.05, 0.1) is 24.6 Å². The van der Waals surface area contributed by atoms with E-state index in [1.54, 1.807) is 17.2 Å². The third-order valence-corrected chi connectivity index (χ3v) is 6.09. The van der Waals surface area contributed by atoms with Gasteiger partial charge in [-0.15, -0.1) is 5.10 Å². The van der Waals surface area contributed by atoms with E-state index in [9.17, 15) is 0 Å². The van der Waals surface area contributed by atoms with Crippen LogP contribution in [0.5, 0.6) is 0 Å². The SMILES string of the molecule is c1ccc(-c2ncn(-c3ccc(Nc4nccc(-c5cccc(N6CCOCC6)c5)n4)cc3)n2)cc1. The van der Waals surface area contributed by atoms with Crippen LogP contribution >= 0.6 is 0 Å². The maximum absolute atomic E-state index is 5.48. The molecule has 5 aromatic rings. The Bertz CT molecular complexity index is 1440. The fourth-order valence-corrected chi connectivity index (χ4v) is 4.20. The normalized spacial score (nSPS) is 13.5. The number of ether oxygens (including phenoxy) is 1. The molecule has 3 heterocycles. The van der Waals surface area contributed by atoms with Gasteiger partial charge in [-0.3, -0.25) is 0 Å². The summed E-state index contributed by atoms with van der Waals surface area (Å²) in [6.07, 6.45) is 3.50. The van der Waals surface area contributed by atoms with E-state index in [0.717, 1.165) is 54.5 Å². The Kier molecular flexibility index (Phi) is 6.08. The second-order valence-electron chi connectivity index (χ2n) is 8.47. The average molecular weight is 476 g/mol. The lowest BCUT2D eigenvalue weighted by atomic mass is 10.1. The van der Waals surface area contributed by atoms with Gasteiger partial charge in [-0.1, -0.05) is 42.5 Å². The summed E-state index contributed by atoms with van der Waals surface area (Å²) in [5.74, 6) is 1.24. The lowest BCUT2D eigenvalue weighted by molar-refractivity contribution is 0.122. The van der Waals surface area contributed by atoms with Crippen molar-refractivity contribution in [2.45, 2.75) is 0 Å². The van der Waals surface area contributed by atoms with E-state index >= 15 is 0 Å². The molecule has 1 aliphatic rings. The summed E-state index contributed by atoms with van der Waals surface area (Å²) in [5, 5.41) is 7.91. The number of aromatic nitrogens is 5. The zero-order chi connectivity index (χ0) is 24.2. The third kappa shape index (κ3) is 4.80. The van der Waals surface area contributed by atoms with E-state index in [2.05, 4.69) is 49.5 Å². The van der Waals surface area contributed by atoms with Crippen molar-refractivity contribution >= 4 is 17.3 Å². The molecule has 0 radical (unpaired) electrons. The van der Waals surface area contributed by atoms with Crippen LogP contribution in [0.25, 0.3) is 28.3 Å². The molecule has 6 rings (SSSR count). The molecule has 1 N–H and O–H groups in total. The first kappa shape index (κ1) is 21.9. The van der Waals surface area contributed by atoms with Crippen molar-refractivity contribution in [1.82, 2.24) is 24.7 Å². The average Bonchev–Trinajstić information content (AvgIpc) is 3.45. The van der Waals surface area contributed by atoms with Gasteiger partial charge in [0.1, 0.15) is 6.33 Å². The molecule has 0 spiro atoms. The highest BCUT2D eigenvalue weighted by Gasteiger charge is 2.12. The number of nitrogens with one attached hydrogen (secondary N) is 1. The van der Waals surface area contributed by atoms with E-state index < -0.39 is 0 Å². The zero-order valence-electron chi connectivity index (χ0n) is 19.7. The van der Waals surface area contributed by atoms with E-state index in [-0.39, 0.29) is 0 Å². The highest BCUT2D eigenvalue weighted by Crippen LogP contribution is 2.25. The molecule has 1 fully saturated rings. The van der Waals surface area contributed by atoms with Gasteiger partial charge in [-0.2, -0.15) is 0 Å². The Labute approximate surface area is 209 Å². The number of morpholine rings is 1. The Morgan fingerprint density at radius 3 is 2.39 bits per heavy atom. The maximum Gasteiger partial charge on any atom is 0.227 e. The zero-order valence-corrected chi connectivity index (χ0v) is 19.7. The fraction of sp³-hybridized carbons (Fsp3) is 0.143. The van der Waals surface area contributed by atoms with Crippen LogP contribution in [-0.4, -0.2) is 51.0 Å². The lowest BCUT2D eigenvalue weighted by Gasteiger charge is -2.29. The van der Waals surface area contributed by atoms with Crippen molar-refractivity contribution in [3.05, 3.63) is 97.5 Å².